The Kier molecular flexibility index (Phi) is 5.60. The van der Waals surface area contributed by atoms with Gasteiger partial charge in [-0.2, -0.15) is 0 Å². The van der Waals surface area contributed by atoms with E-state index in [1.54, 1.807) is 0 Å². The second-order valence-corrected chi connectivity index (χ2v) is 4.83. The molecule has 0 aliphatic heterocycles. The minimum atomic E-state index is -1.35. The number of benzene rings is 1. The lowest BCUT2D eigenvalue weighted by atomic mass is 9.92. The Bertz CT molecular complexity index is 812. The van der Waals surface area contributed by atoms with E-state index in [-0.39, 0.29) is 51.7 Å². The number of nitro benzene ring substituents is 1. The van der Waals surface area contributed by atoms with Crippen molar-refractivity contribution in [3.05, 3.63) is 56.9 Å². The number of pyridine rings is 1. The topological polar surface area (TPSA) is 131 Å². The number of aryl methyl sites for hydroxylation is 2. The Morgan fingerprint density at radius 2 is 1.58 bits per heavy atom. The van der Waals surface area contributed by atoms with E-state index in [2.05, 4.69) is 4.98 Å². The third-order valence-electron chi connectivity index (χ3n) is 3.33. The van der Waals surface area contributed by atoms with Crippen LogP contribution in [0.1, 0.15) is 32.1 Å². The molecule has 0 unspecified atom stereocenters. The maximum Gasteiger partial charge on any atom is 0.338 e. The number of carboxylic acid groups (broad SMARTS) is 2. The summed E-state index contributed by atoms with van der Waals surface area (Å²) in [7, 11) is 0. The molecule has 2 rings (SSSR count). The van der Waals surface area contributed by atoms with Crippen molar-refractivity contribution in [3.8, 4) is 11.1 Å². The number of nitro groups is 1. The molecule has 0 aliphatic carbocycles. The summed E-state index contributed by atoms with van der Waals surface area (Å²) in [5.41, 5.74) is -0.492. The van der Waals surface area contributed by atoms with Crippen LogP contribution >= 0.6 is 12.4 Å². The second-order valence-electron chi connectivity index (χ2n) is 4.83. The first kappa shape index (κ1) is 19.0. The minimum absolute atomic E-state index is 0. The van der Waals surface area contributed by atoms with Crippen molar-refractivity contribution in [1.82, 2.24) is 4.98 Å². The maximum absolute atomic E-state index is 11.6. The number of carboxylic acids is 2. The standard InChI is InChI=1S/C15H12N2O6.ClH/c1-7-11(14(18)19)13(12(15(20)21)8(2)16-7)9-4-3-5-10(6-9)17(22)23;/h3-6H,1-2H3,(H,18,19)(H,20,21);1H. The molecule has 1 aromatic heterocycles. The average Bonchev–Trinajstić information content (AvgIpc) is 2.45. The van der Waals surface area contributed by atoms with Crippen LogP contribution < -0.4 is 0 Å². The molecule has 0 saturated heterocycles. The van der Waals surface area contributed by atoms with Gasteiger partial charge in [-0.1, -0.05) is 12.1 Å². The molecule has 2 aromatic rings. The predicted molar refractivity (Wildman–Crippen MR) is 87.0 cm³/mol. The van der Waals surface area contributed by atoms with E-state index in [1.807, 2.05) is 0 Å². The number of rotatable bonds is 4. The zero-order valence-electron chi connectivity index (χ0n) is 12.6. The summed E-state index contributed by atoms with van der Waals surface area (Å²) in [6.45, 7) is 2.89. The molecule has 0 radical (unpaired) electrons. The number of hydrogen-bond acceptors (Lipinski definition) is 5. The van der Waals surface area contributed by atoms with Crippen LogP contribution in [0.4, 0.5) is 5.69 Å². The van der Waals surface area contributed by atoms with E-state index in [0.717, 1.165) is 6.07 Å². The van der Waals surface area contributed by atoms with E-state index >= 15 is 0 Å². The summed E-state index contributed by atoms with van der Waals surface area (Å²) in [5, 5.41) is 29.7. The van der Waals surface area contributed by atoms with E-state index in [0.29, 0.717) is 0 Å². The largest absolute Gasteiger partial charge is 0.478 e. The molecule has 0 fully saturated rings. The van der Waals surface area contributed by atoms with Gasteiger partial charge in [0.2, 0.25) is 0 Å². The summed E-state index contributed by atoms with van der Waals surface area (Å²) in [4.78, 5) is 37.4. The third kappa shape index (κ3) is 3.33. The van der Waals surface area contributed by atoms with Crippen molar-refractivity contribution < 1.29 is 24.7 Å². The fourth-order valence-corrected chi connectivity index (χ4v) is 2.44. The Hall–Kier alpha value is -3.00. The number of carbonyl (C=O) groups is 2. The van der Waals surface area contributed by atoms with Crippen LogP contribution in [0.5, 0.6) is 0 Å². The SMILES string of the molecule is Cc1nc(C)c(C(=O)O)c(-c2cccc([N+](=O)[O-])c2)c1C(=O)O.Cl. The molecule has 0 amide bonds. The molecule has 0 bridgehead atoms. The summed E-state index contributed by atoms with van der Waals surface area (Å²) in [6, 6.07) is 5.19. The molecular formula is C15H13ClN2O6. The van der Waals surface area contributed by atoms with Crippen LogP contribution in [0.25, 0.3) is 11.1 Å². The van der Waals surface area contributed by atoms with Gasteiger partial charge in [-0.3, -0.25) is 15.1 Å². The zero-order chi connectivity index (χ0) is 17.3. The highest BCUT2D eigenvalue weighted by Gasteiger charge is 2.26. The van der Waals surface area contributed by atoms with Crippen LogP contribution in [0.3, 0.4) is 0 Å². The quantitative estimate of drug-likeness (QED) is 0.638. The molecule has 126 valence electrons. The summed E-state index contributed by atoms with van der Waals surface area (Å²) in [6.07, 6.45) is 0. The number of hydrogen-bond donors (Lipinski definition) is 2. The van der Waals surface area contributed by atoms with Gasteiger partial charge in [0.25, 0.3) is 5.69 Å². The van der Waals surface area contributed by atoms with Crippen molar-refractivity contribution in [1.29, 1.82) is 0 Å². The highest BCUT2D eigenvalue weighted by atomic mass is 35.5. The Morgan fingerprint density at radius 3 is 2.00 bits per heavy atom. The number of aromatic nitrogens is 1. The normalized spacial score (nSPS) is 9.92. The van der Waals surface area contributed by atoms with Gasteiger partial charge < -0.3 is 10.2 Å². The Balaban J connectivity index is 0.00000288. The van der Waals surface area contributed by atoms with Crippen LogP contribution in [0, 0.1) is 24.0 Å². The molecule has 1 aromatic carbocycles. The van der Waals surface area contributed by atoms with E-state index in [9.17, 15) is 29.9 Å². The third-order valence-corrected chi connectivity index (χ3v) is 3.33. The van der Waals surface area contributed by atoms with Gasteiger partial charge in [-0.15, -0.1) is 12.4 Å². The lowest BCUT2D eigenvalue weighted by Crippen LogP contribution is -2.13. The molecule has 24 heavy (non-hydrogen) atoms. The second kappa shape index (κ2) is 7.05. The summed E-state index contributed by atoms with van der Waals surface area (Å²) >= 11 is 0. The number of non-ortho nitro benzene ring substituents is 1. The molecule has 1 heterocycles. The number of aromatic carboxylic acids is 2. The van der Waals surface area contributed by atoms with Gasteiger partial charge in [0.05, 0.1) is 27.4 Å². The van der Waals surface area contributed by atoms with Gasteiger partial charge in [-0.05, 0) is 19.4 Å². The lowest BCUT2D eigenvalue weighted by molar-refractivity contribution is -0.384. The molecule has 0 spiro atoms. The first-order valence-electron chi connectivity index (χ1n) is 6.46. The maximum atomic E-state index is 11.6. The predicted octanol–water partition coefficient (Wildman–Crippen LogP) is 3.09. The fraction of sp³-hybridized carbons (Fsp3) is 0.133. The molecule has 0 aliphatic rings. The van der Waals surface area contributed by atoms with Crippen molar-refractivity contribution in [2.45, 2.75) is 13.8 Å². The highest BCUT2D eigenvalue weighted by Crippen LogP contribution is 2.33. The van der Waals surface area contributed by atoms with Gasteiger partial charge >= 0.3 is 11.9 Å². The number of nitrogens with zero attached hydrogens (tertiary/aromatic N) is 2. The first-order valence-corrected chi connectivity index (χ1v) is 6.46. The smallest absolute Gasteiger partial charge is 0.338 e. The summed E-state index contributed by atoms with van der Waals surface area (Å²) < 4.78 is 0. The van der Waals surface area contributed by atoms with E-state index in [4.69, 9.17) is 0 Å². The molecule has 2 N–H and O–H groups in total. The lowest BCUT2D eigenvalue weighted by Gasteiger charge is -2.14. The highest BCUT2D eigenvalue weighted by molar-refractivity contribution is 6.06. The van der Waals surface area contributed by atoms with Crippen LogP contribution in [0.15, 0.2) is 24.3 Å². The van der Waals surface area contributed by atoms with E-state index < -0.39 is 16.9 Å². The zero-order valence-corrected chi connectivity index (χ0v) is 13.5. The average molecular weight is 353 g/mol. The molecule has 0 atom stereocenters. The molecular weight excluding hydrogens is 340 g/mol. The summed E-state index contributed by atoms with van der Waals surface area (Å²) in [5.74, 6) is -2.70. The van der Waals surface area contributed by atoms with Crippen molar-refractivity contribution in [2.75, 3.05) is 0 Å². The van der Waals surface area contributed by atoms with Crippen molar-refractivity contribution in [2.24, 2.45) is 0 Å². The Labute approximate surface area is 142 Å². The van der Waals surface area contributed by atoms with Gasteiger partial charge in [0.15, 0.2) is 0 Å². The van der Waals surface area contributed by atoms with Crippen LogP contribution in [0.2, 0.25) is 0 Å². The molecule has 8 nitrogen and oxygen atoms in total. The fourth-order valence-electron chi connectivity index (χ4n) is 2.44. The van der Waals surface area contributed by atoms with Gasteiger partial charge in [-0.25, -0.2) is 9.59 Å². The van der Waals surface area contributed by atoms with Crippen LogP contribution in [-0.2, 0) is 0 Å². The van der Waals surface area contributed by atoms with Gasteiger partial charge in [0.1, 0.15) is 0 Å². The van der Waals surface area contributed by atoms with Crippen LogP contribution in [-0.4, -0.2) is 32.1 Å². The van der Waals surface area contributed by atoms with Crippen molar-refractivity contribution >= 4 is 30.0 Å². The number of halogens is 1. The van der Waals surface area contributed by atoms with Crippen molar-refractivity contribution in [3.63, 3.8) is 0 Å². The molecule has 0 saturated carbocycles. The monoisotopic (exact) mass is 352 g/mol. The first-order chi connectivity index (χ1) is 10.7. The van der Waals surface area contributed by atoms with E-state index in [1.165, 1.54) is 32.0 Å². The minimum Gasteiger partial charge on any atom is -0.478 e. The van der Waals surface area contributed by atoms with Gasteiger partial charge in [0, 0.05) is 17.7 Å². The molecule has 9 heteroatoms. The Morgan fingerprint density at radius 1 is 1.08 bits per heavy atom.